The molecule has 1 saturated heterocycles. The average molecular weight is 575 g/mol. The molecule has 0 bridgehead atoms. The van der Waals surface area contributed by atoms with Crippen LogP contribution in [0.15, 0.2) is 42.5 Å². The fourth-order valence-electron chi connectivity index (χ4n) is 3.51. The summed E-state index contributed by atoms with van der Waals surface area (Å²) in [4.78, 5) is 48.2. The molecule has 2 atom stereocenters. The van der Waals surface area contributed by atoms with E-state index in [9.17, 15) is 19.2 Å². The Hall–Kier alpha value is -3.61. The normalized spacial score (nSPS) is 17.3. The van der Waals surface area contributed by atoms with Crippen LogP contribution in [0.2, 0.25) is 10.0 Å². The largest absolute Gasteiger partial charge is 0.388 e. The number of hydrogen-bond donors (Lipinski definition) is 3. The molecule has 0 radical (unpaired) electrons. The van der Waals surface area contributed by atoms with Crippen LogP contribution in [0.5, 0.6) is 0 Å². The van der Waals surface area contributed by atoms with Gasteiger partial charge in [-0.1, -0.05) is 61.2 Å². The molecule has 9 nitrogen and oxygen atoms in total. The zero-order valence-corrected chi connectivity index (χ0v) is 23.7. The predicted octanol–water partition coefficient (Wildman–Crippen LogP) is 4.44. The second kappa shape index (κ2) is 15.7. The maximum absolute atomic E-state index is 12.2. The van der Waals surface area contributed by atoms with E-state index in [2.05, 4.69) is 22.9 Å². The first-order valence-corrected chi connectivity index (χ1v) is 13.3. The van der Waals surface area contributed by atoms with Crippen LogP contribution in [0.3, 0.4) is 0 Å². The SMILES string of the molecule is CC1CC1.CNc1ccccc1.Cc1cc(Cl)cc(Cl)c1NC(=O)C(=O)NCC(=O)N1CC(C=O)CC1C#N. The van der Waals surface area contributed by atoms with Gasteiger partial charge in [-0.25, -0.2) is 0 Å². The van der Waals surface area contributed by atoms with E-state index in [1.54, 1.807) is 13.0 Å². The van der Waals surface area contributed by atoms with Gasteiger partial charge in [-0.15, -0.1) is 0 Å². The number of para-hydroxylation sites is 1. The molecular weight excluding hydrogens is 541 g/mol. The van der Waals surface area contributed by atoms with E-state index in [1.165, 1.54) is 23.8 Å². The third kappa shape index (κ3) is 10.6. The molecular formula is C28H33Cl2N5O4. The quantitative estimate of drug-likeness (QED) is 0.358. The number of anilines is 2. The molecule has 0 aromatic heterocycles. The Morgan fingerprint density at radius 1 is 1.13 bits per heavy atom. The fourth-order valence-corrected chi connectivity index (χ4v) is 4.15. The van der Waals surface area contributed by atoms with Crippen molar-refractivity contribution >= 4 is 58.6 Å². The third-order valence-corrected chi connectivity index (χ3v) is 6.54. The Balaban J connectivity index is 0.000000361. The van der Waals surface area contributed by atoms with Gasteiger partial charge in [0.05, 0.1) is 23.3 Å². The average Bonchev–Trinajstić information content (AvgIpc) is 3.59. The van der Waals surface area contributed by atoms with Crippen LogP contribution in [0.1, 0.15) is 31.7 Å². The molecule has 2 unspecified atom stereocenters. The van der Waals surface area contributed by atoms with Crippen molar-refractivity contribution in [3.63, 3.8) is 0 Å². The van der Waals surface area contributed by atoms with Gasteiger partial charge in [-0.05, 0) is 49.1 Å². The lowest BCUT2D eigenvalue weighted by molar-refractivity contribution is -0.138. The van der Waals surface area contributed by atoms with E-state index in [-0.39, 0.29) is 23.7 Å². The van der Waals surface area contributed by atoms with Crippen molar-refractivity contribution in [2.24, 2.45) is 11.8 Å². The summed E-state index contributed by atoms with van der Waals surface area (Å²) in [5.41, 5.74) is 1.97. The summed E-state index contributed by atoms with van der Waals surface area (Å²) in [5, 5.41) is 17.2. The number of amides is 3. The topological polar surface area (TPSA) is 131 Å². The highest BCUT2D eigenvalue weighted by molar-refractivity contribution is 6.42. The summed E-state index contributed by atoms with van der Waals surface area (Å²) >= 11 is 11.9. The summed E-state index contributed by atoms with van der Waals surface area (Å²) in [6.45, 7) is 3.58. The number of hydrogen-bond acceptors (Lipinski definition) is 6. The number of aldehydes is 1. The van der Waals surface area contributed by atoms with Gasteiger partial charge in [0, 0.05) is 30.2 Å². The van der Waals surface area contributed by atoms with E-state index in [0.29, 0.717) is 16.9 Å². The first-order chi connectivity index (χ1) is 18.6. The maximum atomic E-state index is 12.2. The van der Waals surface area contributed by atoms with E-state index in [1.807, 2.05) is 43.4 Å². The van der Waals surface area contributed by atoms with Crippen molar-refractivity contribution < 1.29 is 19.2 Å². The minimum Gasteiger partial charge on any atom is -0.388 e. The molecule has 0 spiro atoms. The predicted molar refractivity (Wildman–Crippen MR) is 153 cm³/mol. The molecule has 11 heteroatoms. The van der Waals surface area contributed by atoms with E-state index in [4.69, 9.17) is 28.5 Å². The third-order valence-electron chi connectivity index (χ3n) is 6.02. The number of carbonyl (C=O) groups excluding carboxylic acids is 4. The fraction of sp³-hybridized carbons (Fsp3) is 0.393. The van der Waals surface area contributed by atoms with Crippen molar-refractivity contribution in [1.29, 1.82) is 5.26 Å². The Kier molecular flexibility index (Phi) is 12.7. The van der Waals surface area contributed by atoms with Crippen molar-refractivity contribution in [2.75, 3.05) is 30.8 Å². The van der Waals surface area contributed by atoms with Crippen molar-refractivity contribution in [2.45, 2.75) is 39.2 Å². The highest BCUT2D eigenvalue weighted by Gasteiger charge is 2.35. The Bertz CT molecular complexity index is 1180. The smallest absolute Gasteiger partial charge is 0.313 e. The molecule has 2 fully saturated rings. The van der Waals surface area contributed by atoms with Gasteiger partial charge in [0.15, 0.2) is 0 Å². The molecule has 1 aliphatic carbocycles. The lowest BCUT2D eigenvalue weighted by Crippen LogP contribution is -2.45. The van der Waals surface area contributed by atoms with Gasteiger partial charge >= 0.3 is 11.8 Å². The number of benzene rings is 2. The number of nitrogens with one attached hydrogen (secondary N) is 3. The highest BCUT2D eigenvalue weighted by atomic mass is 35.5. The molecule has 3 N–H and O–H groups in total. The van der Waals surface area contributed by atoms with E-state index >= 15 is 0 Å². The monoisotopic (exact) mass is 573 g/mol. The summed E-state index contributed by atoms with van der Waals surface area (Å²) in [6.07, 6.45) is 3.93. The molecule has 4 rings (SSSR count). The molecule has 1 aliphatic heterocycles. The lowest BCUT2D eigenvalue weighted by atomic mass is 10.1. The van der Waals surface area contributed by atoms with Crippen LogP contribution in [0.4, 0.5) is 11.4 Å². The number of rotatable bonds is 5. The van der Waals surface area contributed by atoms with Gasteiger partial charge in [0.1, 0.15) is 12.3 Å². The Morgan fingerprint density at radius 2 is 1.77 bits per heavy atom. The molecule has 1 saturated carbocycles. The van der Waals surface area contributed by atoms with E-state index in [0.717, 1.165) is 11.6 Å². The van der Waals surface area contributed by atoms with Crippen molar-refractivity contribution in [3.8, 4) is 6.07 Å². The van der Waals surface area contributed by atoms with Gasteiger partial charge in [0.25, 0.3) is 0 Å². The number of carbonyl (C=O) groups is 4. The van der Waals surface area contributed by atoms with E-state index < -0.39 is 36.2 Å². The van der Waals surface area contributed by atoms with Crippen LogP contribution in [-0.2, 0) is 19.2 Å². The van der Waals surface area contributed by atoms with Crippen LogP contribution in [0, 0.1) is 30.1 Å². The number of nitrogens with zero attached hydrogens (tertiary/aromatic N) is 2. The minimum atomic E-state index is -1.03. The first kappa shape index (κ1) is 31.6. The Morgan fingerprint density at radius 3 is 2.26 bits per heavy atom. The maximum Gasteiger partial charge on any atom is 0.313 e. The zero-order valence-electron chi connectivity index (χ0n) is 22.2. The van der Waals surface area contributed by atoms with Gasteiger partial charge in [-0.3, -0.25) is 14.4 Å². The number of halogens is 2. The molecule has 3 amide bonds. The number of likely N-dealkylation sites (tertiary alicyclic amines) is 1. The summed E-state index contributed by atoms with van der Waals surface area (Å²) in [7, 11) is 1.91. The summed E-state index contributed by atoms with van der Waals surface area (Å²) in [5.74, 6) is -1.91. The van der Waals surface area contributed by atoms with Gasteiger partial charge in [-0.2, -0.15) is 5.26 Å². The standard InChI is InChI=1S/C17H16Cl2N4O4.C7H9N.C4H8/c1-9-2-11(18)4-13(19)15(9)22-17(27)16(26)21-6-14(25)23-7-10(8-24)3-12(23)5-20;1-8-7-5-3-2-4-6-7;1-4-2-3-4/h2,4,8,10,12H,3,6-7H2,1H3,(H,21,26)(H,22,27);2-6,8H,1H3;4H,2-3H2,1H3. The number of aryl methyl sites for hydroxylation is 1. The summed E-state index contributed by atoms with van der Waals surface area (Å²) < 4.78 is 0. The first-order valence-electron chi connectivity index (χ1n) is 12.5. The van der Waals surface area contributed by atoms with Crippen molar-refractivity contribution in [1.82, 2.24) is 10.2 Å². The van der Waals surface area contributed by atoms with Crippen molar-refractivity contribution in [3.05, 3.63) is 58.1 Å². The molecule has 39 heavy (non-hydrogen) atoms. The second-order valence-corrected chi connectivity index (χ2v) is 10.2. The molecule has 208 valence electrons. The highest BCUT2D eigenvalue weighted by Crippen LogP contribution is 2.29. The van der Waals surface area contributed by atoms with Gasteiger partial charge < -0.3 is 25.6 Å². The Labute approximate surface area is 238 Å². The number of nitriles is 1. The molecule has 2 aromatic carbocycles. The summed E-state index contributed by atoms with van der Waals surface area (Å²) in [6, 6.07) is 14.3. The molecule has 2 aromatic rings. The molecule has 1 heterocycles. The van der Waals surface area contributed by atoms with Crippen LogP contribution in [0.25, 0.3) is 0 Å². The zero-order chi connectivity index (χ0) is 28.9. The minimum absolute atomic E-state index is 0.113. The lowest BCUT2D eigenvalue weighted by Gasteiger charge is -2.19. The van der Waals surface area contributed by atoms with Crippen LogP contribution >= 0.6 is 23.2 Å². The molecule has 2 aliphatic rings. The second-order valence-electron chi connectivity index (χ2n) is 9.34. The van der Waals surface area contributed by atoms with Crippen LogP contribution < -0.4 is 16.0 Å². The van der Waals surface area contributed by atoms with Crippen LogP contribution in [-0.4, -0.2) is 55.1 Å². The van der Waals surface area contributed by atoms with Gasteiger partial charge in [0.2, 0.25) is 5.91 Å².